The average molecular weight is 467 g/mol. The van der Waals surface area contributed by atoms with Crippen molar-refractivity contribution in [2.45, 2.75) is 42.9 Å². The number of likely N-dealkylation sites (tertiary alicyclic amines) is 1. The molecule has 0 aromatic heterocycles. The fourth-order valence-electron chi connectivity index (χ4n) is 4.64. The van der Waals surface area contributed by atoms with E-state index in [0.29, 0.717) is 19.6 Å². The molecule has 0 radical (unpaired) electrons. The highest BCUT2D eigenvalue weighted by Crippen LogP contribution is 2.47. The fraction of sp³-hybridized carbons (Fsp3) is 0.462. The number of hydrogen-bond acceptors (Lipinski definition) is 4. The van der Waals surface area contributed by atoms with Crippen LogP contribution in [0.4, 0.5) is 16.2 Å². The van der Waals surface area contributed by atoms with Crippen molar-refractivity contribution >= 4 is 35.1 Å². The summed E-state index contributed by atoms with van der Waals surface area (Å²) in [4.78, 5) is 33.9. The number of anilines is 2. The summed E-state index contributed by atoms with van der Waals surface area (Å²) < 4.78 is 0. The molecule has 0 unspecified atom stereocenters. The van der Waals surface area contributed by atoms with Crippen LogP contribution in [-0.4, -0.2) is 61.0 Å². The fourth-order valence-corrected chi connectivity index (χ4v) is 5.74. The highest BCUT2D eigenvalue weighted by molar-refractivity contribution is 7.99. The van der Waals surface area contributed by atoms with Crippen molar-refractivity contribution in [1.29, 1.82) is 0 Å². The lowest BCUT2D eigenvalue weighted by Gasteiger charge is -2.35. The number of nitrogens with one attached hydrogen (secondary N) is 1. The molecule has 2 heterocycles. The van der Waals surface area contributed by atoms with E-state index in [1.807, 2.05) is 35.4 Å². The van der Waals surface area contributed by atoms with Gasteiger partial charge in [0.1, 0.15) is 0 Å². The van der Waals surface area contributed by atoms with Gasteiger partial charge in [-0.05, 0) is 57.4 Å². The first kappa shape index (κ1) is 23.5. The third kappa shape index (κ3) is 5.29. The number of carbonyl (C=O) groups is 2. The maximum Gasteiger partial charge on any atom is 0.319 e. The molecule has 0 aliphatic carbocycles. The minimum absolute atomic E-state index is 0.00130. The number of rotatable bonds is 7. The molecule has 33 heavy (non-hydrogen) atoms. The van der Waals surface area contributed by atoms with Crippen LogP contribution in [0.25, 0.3) is 0 Å². The van der Waals surface area contributed by atoms with Crippen LogP contribution >= 0.6 is 11.8 Å². The van der Waals surface area contributed by atoms with Gasteiger partial charge in [0.2, 0.25) is 5.91 Å². The van der Waals surface area contributed by atoms with Gasteiger partial charge in [-0.15, -0.1) is 0 Å². The second-order valence-electron chi connectivity index (χ2n) is 8.55. The van der Waals surface area contributed by atoms with Gasteiger partial charge in [0, 0.05) is 55.0 Å². The normalized spacial score (nSPS) is 15.6. The summed E-state index contributed by atoms with van der Waals surface area (Å²) in [6.45, 7) is 8.28. The summed E-state index contributed by atoms with van der Waals surface area (Å²) in [6.07, 6.45) is 2.35. The topological polar surface area (TPSA) is 55.9 Å². The monoisotopic (exact) mass is 466 g/mol. The van der Waals surface area contributed by atoms with Crippen LogP contribution in [0, 0.1) is 5.92 Å². The molecule has 1 N–H and O–H groups in total. The van der Waals surface area contributed by atoms with E-state index < -0.39 is 0 Å². The maximum absolute atomic E-state index is 12.7. The Morgan fingerprint density at radius 2 is 1.55 bits per heavy atom. The Morgan fingerprint density at radius 3 is 2.12 bits per heavy atom. The Kier molecular flexibility index (Phi) is 7.81. The number of fused-ring (bicyclic) bond motifs is 2. The molecule has 2 aliphatic rings. The molecule has 1 saturated heterocycles. The number of hydrogen-bond donors (Lipinski definition) is 1. The van der Waals surface area contributed by atoms with Crippen molar-refractivity contribution in [3.05, 3.63) is 48.5 Å². The SMILES string of the molecule is CCN(CC)C(=O)N1CCC(C(=O)NCCCN2c3ccccc3Sc3ccccc32)CC1. The van der Waals surface area contributed by atoms with Crippen LogP contribution in [0.5, 0.6) is 0 Å². The molecule has 7 heteroatoms. The second kappa shape index (κ2) is 11.0. The van der Waals surface area contributed by atoms with E-state index in [0.717, 1.165) is 38.9 Å². The second-order valence-corrected chi connectivity index (χ2v) is 9.63. The minimum Gasteiger partial charge on any atom is -0.356 e. The summed E-state index contributed by atoms with van der Waals surface area (Å²) in [5.41, 5.74) is 2.47. The van der Waals surface area contributed by atoms with E-state index in [-0.39, 0.29) is 17.9 Å². The van der Waals surface area contributed by atoms with Gasteiger partial charge in [-0.3, -0.25) is 4.79 Å². The van der Waals surface area contributed by atoms with E-state index in [1.54, 1.807) is 0 Å². The van der Waals surface area contributed by atoms with E-state index in [9.17, 15) is 9.59 Å². The van der Waals surface area contributed by atoms with E-state index in [4.69, 9.17) is 0 Å². The zero-order chi connectivity index (χ0) is 23.2. The van der Waals surface area contributed by atoms with Crippen LogP contribution < -0.4 is 10.2 Å². The molecule has 4 rings (SSSR count). The standard InChI is InChI=1S/C26H34N4O2S/c1-3-28(4-2)26(32)29-18-14-20(15-19-29)25(31)27-16-9-17-30-21-10-5-7-12-23(21)33-24-13-8-6-11-22(24)30/h5-8,10-13,20H,3-4,9,14-19H2,1-2H3,(H,27,31). The van der Waals surface area contributed by atoms with Gasteiger partial charge in [0.05, 0.1) is 11.4 Å². The van der Waals surface area contributed by atoms with Crippen LogP contribution in [0.3, 0.4) is 0 Å². The lowest BCUT2D eigenvalue weighted by molar-refractivity contribution is -0.126. The first-order chi connectivity index (χ1) is 16.1. The van der Waals surface area contributed by atoms with Gasteiger partial charge in [0.15, 0.2) is 0 Å². The summed E-state index contributed by atoms with van der Waals surface area (Å²) in [7, 11) is 0. The van der Waals surface area contributed by atoms with Gasteiger partial charge in [0.25, 0.3) is 0 Å². The van der Waals surface area contributed by atoms with Crippen molar-refractivity contribution in [2.75, 3.05) is 44.2 Å². The number of piperidine rings is 1. The number of carbonyl (C=O) groups excluding carboxylic acids is 2. The molecule has 0 spiro atoms. The highest BCUT2D eigenvalue weighted by Gasteiger charge is 2.29. The van der Waals surface area contributed by atoms with E-state index in [2.05, 4.69) is 58.7 Å². The molecule has 3 amide bonds. The molecule has 1 fully saturated rings. The molecule has 0 atom stereocenters. The lowest BCUT2D eigenvalue weighted by atomic mass is 9.96. The van der Waals surface area contributed by atoms with Gasteiger partial charge >= 0.3 is 6.03 Å². The first-order valence-corrected chi connectivity index (χ1v) is 12.9. The molecule has 2 aromatic carbocycles. The van der Waals surface area contributed by atoms with Crippen LogP contribution in [-0.2, 0) is 4.79 Å². The van der Waals surface area contributed by atoms with Crippen molar-refractivity contribution < 1.29 is 9.59 Å². The number of amides is 3. The average Bonchev–Trinajstić information content (AvgIpc) is 2.86. The van der Waals surface area contributed by atoms with Crippen molar-refractivity contribution in [2.24, 2.45) is 5.92 Å². The molecule has 2 aliphatic heterocycles. The summed E-state index contributed by atoms with van der Waals surface area (Å²) in [5, 5.41) is 3.14. The molecule has 176 valence electrons. The summed E-state index contributed by atoms with van der Waals surface area (Å²) >= 11 is 1.81. The van der Waals surface area contributed by atoms with Crippen LogP contribution in [0.2, 0.25) is 0 Å². The number of nitrogens with zero attached hydrogens (tertiary/aromatic N) is 3. The largest absolute Gasteiger partial charge is 0.356 e. The Bertz CT molecular complexity index is 925. The Hall–Kier alpha value is -2.67. The molecule has 0 bridgehead atoms. The predicted octanol–water partition coefficient (Wildman–Crippen LogP) is 4.97. The minimum atomic E-state index is -0.00130. The lowest BCUT2D eigenvalue weighted by Crippen LogP contribution is -2.48. The third-order valence-corrected chi connectivity index (χ3v) is 7.69. The Balaban J connectivity index is 1.26. The number of benzene rings is 2. The zero-order valence-corrected chi connectivity index (χ0v) is 20.4. The quantitative estimate of drug-likeness (QED) is 0.586. The molecular weight excluding hydrogens is 432 g/mol. The Morgan fingerprint density at radius 1 is 0.970 bits per heavy atom. The first-order valence-electron chi connectivity index (χ1n) is 12.1. The van der Waals surface area contributed by atoms with Crippen LogP contribution in [0.1, 0.15) is 33.1 Å². The van der Waals surface area contributed by atoms with E-state index in [1.165, 1.54) is 21.2 Å². The summed E-state index contributed by atoms with van der Waals surface area (Å²) in [6, 6.07) is 17.1. The molecule has 0 saturated carbocycles. The zero-order valence-electron chi connectivity index (χ0n) is 19.6. The van der Waals surface area contributed by atoms with E-state index >= 15 is 0 Å². The Labute approximate surface area is 201 Å². The van der Waals surface area contributed by atoms with Crippen LogP contribution in [0.15, 0.2) is 58.3 Å². The van der Waals surface area contributed by atoms with Gasteiger partial charge in [-0.2, -0.15) is 0 Å². The summed E-state index contributed by atoms with van der Waals surface area (Å²) in [5.74, 6) is 0.124. The van der Waals surface area contributed by atoms with Crippen molar-refractivity contribution in [1.82, 2.24) is 15.1 Å². The number of urea groups is 1. The molecule has 2 aromatic rings. The molecule has 6 nitrogen and oxygen atoms in total. The molecular formula is C26H34N4O2S. The maximum atomic E-state index is 12.7. The van der Waals surface area contributed by atoms with Gasteiger partial charge in [-0.25, -0.2) is 4.79 Å². The predicted molar refractivity (Wildman–Crippen MR) is 134 cm³/mol. The van der Waals surface area contributed by atoms with Gasteiger partial charge in [-0.1, -0.05) is 36.0 Å². The third-order valence-electron chi connectivity index (χ3n) is 6.56. The van der Waals surface area contributed by atoms with Crippen molar-refractivity contribution in [3.8, 4) is 0 Å². The number of para-hydroxylation sites is 2. The highest BCUT2D eigenvalue weighted by atomic mass is 32.2. The van der Waals surface area contributed by atoms with Gasteiger partial charge < -0.3 is 20.0 Å². The van der Waals surface area contributed by atoms with Crippen molar-refractivity contribution in [3.63, 3.8) is 0 Å². The smallest absolute Gasteiger partial charge is 0.319 e.